The Hall–Kier alpha value is -3.71. The maximum absolute atomic E-state index is 14.3. The van der Waals surface area contributed by atoms with E-state index in [1.807, 2.05) is 42.5 Å². The standard InChI is InChI=1S/C45H55Cl3N4O7/c46-36-14-27(11-29(16-36)20-39(43(54)55)33-1-6-49-24-33)4-9-52(10-5-28-12-30(17-37(47)15-28)21-40(44(56)57)34-2-7-50-25-34)42(53)23-32-13-31(18-38(48)19-32)22-41(45(58)59)35-3-8-51-26-35/h11-19,33-35,39-41,49-51H,1-10,20-26H2,(H,54,55)(H,56,57)(H,58,59)/t33-,34-,35-,39-,40-,41-/m0/s1. The predicted molar refractivity (Wildman–Crippen MR) is 229 cm³/mol. The van der Waals surface area contributed by atoms with Gasteiger partial charge in [-0.1, -0.05) is 53.0 Å². The summed E-state index contributed by atoms with van der Waals surface area (Å²) in [5.41, 5.74) is 4.90. The number of carbonyl (C=O) groups excluding carboxylic acids is 1. The van der Waals surface area contributed by atoms with Gasteiger partial charge in [0, 0.05) is 28.2 Å². The fourth-order valence-corrected chi connectivity index (χ4v) is 10.1. The van der Waals surface area contributed by atoms with Gasteiger partial charge in [-0.05, 0) is 178 Å². The van der Waals surface area contributed by atoms with E-state index in [0.717, 1.165) is 66.7 Å². The number of carboxylic acid groups (broad SMARTS) is 3. The van der Waals surface area contributed by atoms with Crippen LogP contribution in [0.4, 0.5) is 0 Å². The number of halogens is 3. The first-order valence-electron chi connectivity index (χ1n) is 20.7. The fraction of sp³-hybridized carbons (Fsp3) is 0.511. The van der Waals surface area contributed by atoms with Gasteiger partial charge in [-0.25, -0.2) is 0 Å². The Labute approximate surface area is 361 Å². The molecule has 0 spiro atoms. The van der Waals surface area contributed by atoms with Gasteiger partial charge in [0.15, 0.2) is 0 Å². The molecule has 59 heavy (non-hydrogen) atoms. The van der Waals surface area contributed by atoms with Gasteiger partial charge in [-0.15, -0.1) is 0 Å². The molecule has 6 atom stereocenters. The molecule has 0 bridgehead atoms. The van der Waals surface area contributed by atoms with Crippen molar-refractivity contribution in [2.24, 2.45) is 35.5 Å². The second-order valence-electron chi connectivity index (χ2n) is 16.7. The van der Waals surface area contributed by atoms with Crippen LogP contribution in [0.15, 0.2) is 54.6 Å². The molecule has 0 aromatic heterocycles. The summed E-state index contributed by atoms with van der Waals surface area (Å²) in [5, 5.41) is 41.4. The molecule has 14 heteroatoms. The second-order valence-corrected chi connectivity index (χ2v) is 18.0. The van der Waals surface area contributed by atoms with E-state index in [1.54, 1.807) is 17.0 Å². The molecule has 3 aliphatic heterocycles. The van der Waals surface area contributed by atoms with Crippen molar-refractivity contribution in [1.82, 2.24) is 20.9 Å². The Morgan fingerprint density at radius 3 is 1.17 bits per heavy atom. The number of hydrogen-bond donors (Lipinski definition) is 6. The Bertz CT molecular complexity index is 1870. The van der Waals surface area contributed by atoms with Crippen LogP contribution in [-0.2, 0) is 57.7 Å². The van der Waals surface area contributed by atoms with Crippen LogP contribution in [0.25, 0.3) is 0 Å². The summed E-state index contributed by atoms with van der Waals surface area (Å²) >= 11 is 19.8. The zero-order chi connectivity index (χ0) is 42.1. The highest BCUT2D eigenvalue weighted by Gasteiger charge is 2.33. The van der Waals surface area contributed by atoms with Gasteiger partial charge in [0.2, 0.25) is 5.91 Å². The zero-order valence-electron chi connectivity index (χ0n) is 33.2. The molecule has 6 rings (SSSR count). The summed E-state index contributed by atoms with van der Waals surface area (Å²) in [6.07, 6.45) is 4.39. The molecule has 3 saturated heterocycles. The topological polar surface area (TPSA) is 168 Å². The molecular weight excluding hydrogens is 815 g/mol. The van der Waals surface area contributed by atoms with Gasteiger partial charge < -0.3 is 36.2 Å². The molecular formula is C45H55Cl3N4O7. The van der Waals surface area contributed by atoms with Gasteiger partial charge in [0.25, 0.3) is 0 Å². The summed E-state index contributed by atoms with van der Waals surface area (Å²) in [6.45, 7) is 5.06. The van der Waals surface area contributed by atoms with Crippen molar-refractivity contribution in [3.63, 3.8) is 0 Å². The number of rotatable bonds is 20. The Balaban J connectivity index is 1.21. The average molecular weight is 870 g/mol. The Morgan fingerprint density at radius 1 is 0.525 bits per heavy atom. The number of nitrogens with one attached hydrogen (secondary N) is 3. The number of carboxylic acids is 3. The van der Waals surface area contributed by atoms with Crippen LogP contribution in [0.3, 0.4) is 0 Å². The number of amides is 1. The molecule has 3 aliphatic rings. The number of carbonyl (C=O) groups is 4. The molecule has 11 nitrogen and oxygen atoms in total. The first-order valence-corrected chi connectivity index (χ1v) is 21.9. The van der Waals surface area contributed by atoms with Gasteiger partial charge in [-0.3, -0.25) is 19.2 Å². The quantitative estimate of drug-likeness (QED) is 0.0786. The molecule has 318 valence electrons. The van der Waals surface area contributed by atoms with E-state index in [2.05, 4.69) is 16.0 Å². The van der Waals surface area contributed by atoms with Crippen molar-refractivity contribution >= 4 is 58.6 Å². The SMILES string of the molecule is O=C(O)[C@@H](Cc1cc(Cl)cc(CCN(CCc2cc(Cl)cc(C[C@H](C(=O)O)[C@H]3CCNC3)c2)C(=O)Cc2cc(Cl)cc(C[C@H](C(=O)O)[C@H]3CCNC3)c2)c1)[C@H]1CCNC1. The summed E-state index contributed by atoms with van der Waals surface area (Å²) in [7, 11) is 0. The van der Waals surface area contributed by atoms with Crippen LogP contribution in [0.1, 0.15) is 52.6 Å². The predicted octanol–water partition coefficient (Wildman–Crippen LogP) is 6.06. The maximum Gasteiger partial charge on any atom is 0.307 e. The molecule has 0 unspecified atom stereocenters. The third kappa shape index (κ3) is 12.9. The van der Waals surface area contributed by atoms with Crippen molar-refractivity contribution in [3.8, 4) is 0 Å². The minimum Gasteiger partial charge on any atom is -0.481 e. The van der Waals surface area contributed by atoms with Crippen molar-refractivity contribution in [2.45, 2.75) is 57.8 Å². The van der Waals surface area contributed by atoms with Crippen LogP contribution in [-0.4, -0.2) is 96.4 Å². The van der Waals surface area contributed by atoms with Gasteiger partial charge in [0.1, 0.15) is 0 Å². The van der Waals surface area contributed by atoms with Gasteiger partial charge >= 0.3 is 17.9 Å². The molecule has 1 amide bonds. The molecule has 3 aromatic carbocycles. The number of benzene rings is 3. The maximum atomic E-state index is 14.3. The normalized spacial score (nSPS) is 20.6. The van der Waals surface area contributed by atoms with Crippen LogP contribution < -0.4 is 16.0 Å². The second kappa shape index (κ2) is 21.2. The molecule has 3 aromatic rings. The first kappa shape index (κ1) is 44.8. The third-order valence-corrected chi connectivity index (χ3v) is 13.1. The summed E-state index contributed by atoms with van der Waals surface area (Å²) in [6, 6.07) is 16.7. The smallest absolute Gasteiger partial charge is 0.307 e. The molecule has 0 aliphatic carbocycles. The van der Waals surface area contributed by atoms with E-state index >= 15 is 0 Å². The Morgan fingerprint density at radius 2 is 0.847 bits per heavy atom. The molecule has 0 saturated carbocycles. The highest BCUT2D eigenvalue weighted by atomic mass is 35.5. The summed E-state index contributed by atoms with van der Waals surface area (Å²) in [4.78, 5) is 52.9. The van der Waals surface area contributed by atoms with Crippen molar-refractivity contribution in [3.05, 3.63) is 103 Å². The summed E-state index contributed by atoms with van der Waals surface area (Å²) in [5.74, 6) is -4.22. The number of nitrogens with zero attached hydrogens (tertiary/aromatic N) is 1. The number of aliphatic carboxylic acids is 3. The lowest BCUT2D eigenvalue weighted by Crippen LogP contribution is -2.36. The zero-order valence-corrected chi connectivity index (χ0v) is 35.5. The van der Waals surface area contributed by atoms with Crippen LogP contribution in [0.2, 0.25) is 15.1 Å². The van der Waals surface area contributed by atoms with Crippen LogP contribution in [0.5, 0.6) is 0 Å². The summed E-state index contributed by atoms with van der Waals surface area (Å²) < 4.78 is 0. The van der Waals surface area contributed by atoms with Gasteiger partial charge in [0.05, 0.1) is 24.2 Å². The lowest BCUT2D eigenvalue weighted by molar-refractivity contribution is -0.144. The van der Waals surface area contributed by atoms with E-state index < -0.39 is 35.7 Å². The molecule has 6 N–H and O–H groups in total. The highest BCUT2D eigenvalue weighted by molar-refractivity contribution is 6.31. The van der Waals surface area contributed by atoms with Crippen LogP contribution in [0, 0.1) is 35.5 Å². The van der Waals surface area contributed by atoms with E-state index in [4.69, 9.17) is 34.8 Å². The fourth-order valence-electron chi connectivity index (χ4n) is 9.26. The van der Waals surface area contributed by atoms with Gasteiger partial charge in [-0.2, -0.15) is 0 Å². The van der Waals surface area contributed by atoms with E-state index in [9.17, 15) is 34.5 Å². The van der Waals surface area contributed by atoms with E-state index in [-0.39, 0.29) is 30.1 Å². The van der Waals surface area contributed by atoms with Crippen molar-refractivity contribution < 1.29 is 34.5 Å². The monoisotopic (exact) mass is 868 g/mol. The van der Waals surface area contributed by atoms with E-state index in [0.29, 0.717) is 85.5 Å². The Kier molecular flexibility index (Phi) is 16.1. The molecule has 3 heterocycles. The van der Waals surface area contributed by atoms with Crippen molar-refractivity contribution in [1.29, 1.82) is 0 Å². The minimum absolute atomic E-state index is 0.00975. The van der Waals surface area contributed by atoms with E-state index in [1.165, 1.54) is 0 Å². The highest BCUT2D eigenvalue weighted by Crippen LogP contribution is 2.29. The van der Waals surface area contributed by atoms with Crippen LogP contribution >= 0.6 is 34.8 Å². The third-order valence-electron chi connectivity index (χ3n) is 12.4. The lowest BCUT2D eigenvalue weighted by atomic mass is 9.85. The largest absolute Gasteiger partial charge is 0.481 e. The average Bonchev–Trinajstić information content (AvgIpc) is 4.00. The lowest BCUT2D eigenvalue weighted by Gasteiger charge is -2.24. The molecule has 3 fully saturated rings. The van der Waals surface area contributed by atoms with Crippen molar-refractivity contribution in [2.75, 3.05) is 52.4 Å². The first-order chi connectivity index (χ1) is 28.3. The number of hydrogen-bond acceptors (Lipinski definition) is 7. The minimum atomic E-state index is -0.848. The molecule has 0 radical (unpaired) electrons.